The molecule has 0 atom stereocenters. The van der Waals surface area contributed by atoms with Crippen LogP contribution in [-0.2, 0) is 28.7 Å². The number of ketones is 2. The molecule has 12 heteroatoms. The van der Waals surface area contributed by atoms with Crippen molar-refractivity contribution in [3.8, 4) is 11.5 Å². The van der Waals surface area contributed by atoms with Crippen molar-refractivity contribution in [2.45, 2.75) is 52.7 Å². The zero-order valence-electron chi connectivity index (χ0n) is 30.7. The second-order valence-corrected chi connectivity index (χ2v) is 14.6. The van der Waals surface area contributed by atoms with Crippen LogP contribution in [0, 0.1) is 0 Å². The summed E-state index contributed by atoms with van der Waals surface area (Å²) in [5.41, 5.74) is -1.26. The first-order valence-corrected chi connectivity index (χ1v) is 17.4. The smallest absolute Gasteiger partial charge is 0.320 e. The van der Waals surface area contributed by atoms with Crippen LogP contribution in [-0.4, -0.2) is 146 Å². The van der Waals surface area contributed by atoms with E-state index in [2.05, 4.69) is 0 Å². The molecule has 50 heavy (non-hydrogen) atoms. The fourth-order valence-electron chi connectivity index (χ4n) is 5.27. The van der Waals surface area contributed by atoms with Gasteiger partial charge in [0.2, 0.25) is 0 Å². The maximum atomic E-state index is 13.1. The Morgan fingerprint density at radius 2 is 0.760 bits per heavy atom. The molecule has 0 saturated carbocycles. The molecule has 0 aromatic heterocycles. The molecule has 0 spiro atoms. The van der Waals surface area contributed by atoms with Crippen LogP contribution in [0.4, 0.5) is 0 Å². The third kappa shape index (κ3) is 17.7. The molecule has 0 amide bonds. The van der Waals surface area contributed by atoms with E-state index < -0.39 is 11.2 Å². The number of carbonyl (C=O) groups is 4. The van der Waals surface area contributed by atoms with Crippen molar-refractivity contribution < 1.29 is 38.1 Å². The highest BCUT2D eigenvalue weighted by Gasteiger charge is 2.25. The molecular formula is C38H56N4O8. The fourth-order valence-corrected chi connectivity index (χ4v) is 5.27. The molecule has 1 aliphatic heterocycles. The van der Waals surface area contributed by atoms with E-state index in [1.165, 1.54) is 0 Å². The van der Waals surface area contributed by atoms with E-state index in [4.69, 9.17) is 18.9 Å². The van der Waals surface area contributed by atoms with Gasteiger partial charge in [0.15, 0.2) is 11.6 Å². The average molecular weight is 697 g/mol. The number of esters is 2. The summed E-state index contributed by atoms with van der Waals surface area (Å²) in [4.78, 5) is 60.1. The first-order valence-electron chi connectivity index (χ1n) is 17.4. The van der Waals surface area contributed by atoms with Crippen molar-refractivity contribution in [3.63, 3.8) is 0 Å². The first-order chi connectivity index (χ1) is 23.6. The van der Waals surface area contributed by atoms with Crippen molar-refractivity contribution in [2.75, 3.05) is 91.8 Å². The predicted molar refractivity (Wildman–Crippen MR) is 191 cm³/mol. The van der Waals surface area contributed by atoms with Crippen molar-refractivity contribution in [1.29, 1.82) is 0 Å². The zero-order chi connectivity index (χ0) is 36.6. The predicted octanol–water partition coefficient (Wildman–Crippen LogP) is 3.19. The molecule has 0 radical (unpaired) electrons. The maximum absolute atomic E-state index is 13.1. The Morgan fingerprint density at radius 1 is 0.480 bits per heavy atom. The van der Waals surface area contributed by atoms with Crippen LogP contribution in [0.3, 0.4) is 0 Å². The summed E-state index contributed by atoms with van der Waals surface area (Å²) in [6.07, 6.45) is 0. The quantitative estimate of drug-likeness (QED) is 0.270. The monoisotopic (exact) mass is 696 g/mol. The third-order valence-electron chi connectivity index (χ3n) is 7.56. The number of hydrogen-bond acceptors (Lipinski definition) is 12. The summed E-state index contributed by atoms with van der Waals surface area (Å²) < 4.78 is 22.7. The lowest BCUT2D eigenvalue weighted by atomic mass is 10.2. The van der Waals surface area contributed by atoms with E-state index in [-0.39, 0.29) is 62.9 Å². The Bertz CT molecular complexity index is 1220. The molecule has 1 saturated heterocycles. The minimum Gasteiger partial charge on any atom is -0.486 e. The van der Waals surface area contributed by atoms with Crippen LogP contribution in [0.5, 0.6) is 11.5 Å². The fraction of sp³-hybridized carbons (Fsp3) is 0.579. The molecule has 3 rings (SSSR count). The highest BCUT2D eigenvalue weighted by atomic mass is 16.6. The van der Waals surface area contributed by atoms with E-state index in [9.17, 15) is 19.2 Å². The standard InChI is InChI=1S/C38H56N4O8/c1-37(2,3)49-35(45)27-41-21-17-39(25-31(43)29-47-33-13-9-7-10-14-33)19-23-42(28-36(46)50-38(4,5)6)24-20-40(18-22-41)26-32(44)30-48-34-15-11-8-12-16-34/h7-16H,17-30H2,1-6H3. The van der Waals surface area contributed by atoms with Gasteiger partial charge in [0.1, 0.15) is 35.9 Å². The zero-order valence-corrected chi connectivity index (χ0v) is 30.7. The number of Topliss-reactive ketones (excluding diaryl/α,β-unsaturated/α-hetero) is 2. The normalized spacial score (nSPS) is 16.4. The summed E-state index contributed by atoms with van der Waals surface area (Å²) in [5, 5.41) is 0. The highest BCUT2D eigenvalue weighted by Crippen LogP contribution is 2.12. The second-order valence-electron chi connectivity index (χ2n) is 14.6. The summed E-state index contributed by atoms with van der Waals surface area (Å²) in [6.45, 7) is 15.2. The van der Waals surface area contributed by atoms with Crippen molar-refractivity contribution in [2.24, 2.45) is 0 Å². The molecule has 276 valence electrons. The SMILES string of the molecule is CC(C)(C)OC(=O)CN1CCN(CC(=O)COc2ccccc2)CCN(CC(=O)OC(C)(C)C)CCN(CC(=O)COc2ccccc2)CC1. The lowest BCUT2D eigenvalue weighted by Crippen LogP contribution is -2.50. The van der Waals surface area contributed by atoms with Gasteiger partial charge in [-0.25, -0.2) is 0 Å². The van der Waals surface area contributed by atoms with Gasteiger partial charge >= 0.3 is 11.9 Å². The van der Waals surface area contributed by atoms with Gasteiger partial charge in [0.05, 0.1) is 26.2 Å². The molecule has 0 unspecified atom stereocenters. The Labute approximate surface area is 297 Å². The highest BCUT2D eigenvalue weighted by molar-refractivity contribution is 5.82. The molecule has 12 nitrogen and oxygen atoms in total. The van der Waals surface area contributed by atoms with Crippen LogP contribution in [0.25, 0.3) is 0 Å². The average Bonchev–Trinajstić information content (AvgIpc) is 3.03. The number of carbonyl (C=O) groups excluding carboxylic acids is 4. The molecule has 0 aliphatic carbocycles. The van der Waals surface area contributed by atoms with Crippen LogP contribution in [0.15, 0.2) is 60.7 Å². The number of para-hydroxylation sites is 2. The Morgan fingerprint density at radius 3 is 1.04 bits per heavy atom. The molecule has 2 aromatic rings. The summed E-state index contributed by atoms with van der Waals surface area (Å²) >= 11 is 0. The largest absolute Gasteiger partial charge is 0.486 e. The molecule has 1 fully saturated rings. The Kier molecular flexibility index (Phi) is 16.3. The molecular weight excluding hydrogens is 640 g/mol. The van der Waals surface area contributed by atoms with Crippen LogP contribution in [0.2, 0.25) is 0 Å². The van der Waals surface area contributed by atoms with Gasteiger partial charge < -0.3 is 18.9 Å². The first kappa shape index (κ1) is 40.6. The summed E-state index contributed by atoms with van der Waals surface area (Å²) in [7, 11) is 0. The van der Waals surface area contributed by atoms with Gasteiger partial charge in [-0.05, 0) is 65.8 Å². The van der Waals surface area contributed by atoms with Crippen LogP contribution in [0.1, 0.15) is 41.5 Å². The van der Waals surface area contributed by atoms with E-state index >= 15 is 0 Å². The summed E-state index contributed by atoms with van der Waals surface area (Å²) in [6, 6.07) is 18.4. The molecule has 0 bridgehead atoms. The van der Waals surface area contributed by atoms with E-state index in [1.54, 1.807) is 24.3 Å². The molecule has 0 N–H and O–H groups in total. The lowest BCUT2D eigenvalue weighted by Gasteiger charge is -2.34. The van der Waals surface area contributed by atoms with Gasteiger partial charge in [-0.15, -0.1) is 0 Å². The lowest BCUT2D eigenvalue weighted by molar-refractivity contribution is -0.157. The Hall–Kier alpha value is -3.84. The number of ether oxygens (including phenoxy) is 4. The minimum absolute atomic E-state index is 0.0687. The van der Waals surface area contributed by atoms with Crippen LogP contribution < -0.4 is 9.47 Å². The summed E-state index contributed by atoms with van der Waals surface area (Å²) in [5.74, 6) is 0.394. The van der Waals surface area contributed by atoms with Gasteiger partial charge in [-0.3, -0.25) is 38.8 Å². The minimum atomic E-state index is -0.629. The van der Waals surface area contributed by atoms with Gasteiger partial charge in [-0.1, -0.05) is 36.4 Å². The number of hydrogen-bond donors (Lipinski definition) is 0. The van der Waals surface area contributed by atoms with Crippen LogP contribution >= 0.6 is 0 Å². The van der Waals surface area contributed by atoms with Gasteiger partial charge in [-0.2, -0.15) is 0 Å². The van der Waals surface area contributed by atoms with E-state index in [0.717, 1.165) is 0 Å². The Balaban J connectivity index is 1.75. The number of nitrogens with zero attached hydrogens (tertiary/aromatic N) is 4. The van der Waals surface area contributed by atoms with Gasteiger partial charge in [0.25, 0.3) is 0 Å². The topological polar surface area (TPSA) is 118 Å². The van der Waals surface area contributed by atoms with E-state index in [1.807, 2.05) is 97.5 Å². The third-order valence-corrected chi connectivity index (χ3v) is 7.56. The van der Waals surface area contributed by atoms with Crippen molar-refractivity contribution in [1.82, 2.24) is 19.6 Å². The number of rotatable bonds is 14. The molecule has 2 aromatic carbocycles. The second kappa shape index (κ2) is 20.1. The molecule has 1 aliphatic rings. The number of benzene rings is 2. The maximum Gasteiger partial charge on any atom is 0.320 e. The van der Waals surface area contributed by atoms with Gasteiger partial charge in [0, 0.05) is 52.4 Å². The van der Waals surface area contributed by atoms with Crippen molar-refractivity contribution >= 4 is 23.5 Å². The molecule has 1 heterocycles. The van der Waals surface area contributed by atoms with E-state index in [0.29, 0.717) is 63.9 Å². The van der Waals surface area contributed by atoms with Crippen molar-refractivity contribution in [3.05, 3.63) is 60.7 Å².